The fraction of sp³-hybridized carbons (Fsp3) is 0.267. The maximum absolute atomic E-state index is 11.8. The van der Waals surface area contributed by atoms with Gasteiger partial charge in [-0.15, -0.1) is 0 Å². The summed E-state index contributed by atoms with van der Waals surface area (Å²) in [4.78, 5) is 31.5. The minimum absolute atomic E-state index is 0. The van der Waals surface area contributed by atoms with E-state index in [2.05, 4.69) is 15.0 Å². The Labute approximate surface area is 167 Å². The summed E-state index contributed by atoms with van der Waals surface area (Å²) in [5.41, 5.74) is 6.74. The molecule has 1 aromatic carbocycles. The summed E-state index contributed by atoms with van der Waals surface area (Å²) in [5, 5.41) is 0. The van der Waals surface area contributed by atoms with Crippen molar-refractivity contribution < 1.29 is 43.9 Å². The Morgan fingerprint density at radius 2 is 1.88 bits per heavy atom. The van der Waals surface area contributed by atoms with Gasteiger partial charge in [0, 0.05) is 6.54 Å². The number of nitrogen functional groups attached to an aromatic ring is 1. The van der Waals surface area contributed by atoms with Gasteiger partial charge < -0.3 is 20.1 Å². The van der Waals surface area contributed by atoms with E-state index in [0.717, 1.165) is 0 Å². The van der Waals surface area contributed by atoms with E-state index in [1.165, 1.54) is 6.33 Å². The monoisotopic (exact) mass is 370 g/mol. The Balaban J connectivity index is 0.00000225. The Morgan fingerprint density at radius 1 is 1.16 bits per heavy atom. The zero-order valence-corrected chi connectivity index (χ0v) is 16.8. The Hall–Kier alpha value is -1.28. The van der Waals surface area contributed by atoms with Gasteiger partial charge in [-0.3, -0.25) is 4.57 Å². The number of aryl methyl sites for hydroxylation is 1. The van der Waals surface area contributed by atoms with Crippen molar-refractivity contribution in [3.8, 4) is 0 Å². The van der Waals surface area contributed by atoms with Crippen molar-refractivity contribution in [1.29, 1.82) is 0 Å². The molecule has 10 heteroatoms. The third-order valence-corrected chi connectivity index (χ3v) is 5.26. The van der Waals surface area contributed by atoms with Crippen molar-refractivity contribution in [3.63, 3.8) is 0 Å². The first-order valence-electron chi connectivity index (χ1n) is 7.48. The fourth-order valence-electron chi connectivity index (χ4n) is 2.72. The van der Waals surface area contributed by atoms with Crippen molar-refractivity contribution in [2.75, 3.05) is 5.73 Å². The van der Waals surface area contributed by atoms with Gasteiger partial charge in [0.05, 0.1) is 12.0 Å². The standard InChI is InChI=1S/C15H18N5O3P.Na/c16-14-13-15(18-9-17-14)20(10-19-13)8-4-7-12(24(21,22)23)11-5-2-1-3-6-11;/h1-3,5-6,9-10,12H,4,7-8H2,(H2,16,17,18)(H2,21,22,23);/q;+1. The van der Waals surface area contributed by atoms with Crippen LogP contribution in [0.5, 0.6) is 0 Å². The van der Waals surface area contributed by atoms with Crippen molar-refractivity contribution in [1.82, 2.24) is 19.5 Å². The van der Waals surface area contributed by atoms with Crippen LogP contribution in [-0.2, 0) is 11.1 Å². The molecule has 0 saturated carbocycles. The van der Waals surface area contributed by atoms with E-state index >= 15 is 0 Å². The molecule has 0 radical (unpaired) electrons. The number of imidazole rings is 1. The molecule has 1 unspecified atom stereocenters. The predicted molar refractivity (Wildman–Crippen MR) is 90.2 cm³/mol. The number of hydrogen-bond donors (Lipinski definition) is 3. The molecule has 4 N–H and O–H groups in total. The molecule has 0 aliphatic rings. The quantitative estimate of drug-likeness (QED) is 0.379. The number of aromatic nitrogens is 4. The van der Waals surface area contributed by atoms with Crippen molar-refractivity contribution in [2.24, 2.45) is 0 Å². The fourth-order valence-corrected chi connectivity index (χ4v) is 3.80. The number of benzene rings is 1. The molecule has 25 heavy (non-hydrogen) atoms. The minimum atomic E-state index is -4.23. The van der Waals surface area contributed by atoms with Gasteiger partial charge in [-0.1, -0.05) is 30.3 Å². The van der Waals surface area contributed by atoms with E-state index < -0.39 is 13.3 Å². The average Bonchev–Trinajstić information content (AvgIpc) is 2.96. The number of nitrogens with two attached hydrogens (primary N) is 1. The number of fused-ring (bicyclic) bond motifs is 1. The van der Waals surface area contributed by atoms with E-state index in [4.69, 9.17) is 5.73 Å². The number of nitrogens with zero attached hydrogens (tertiary/aromatic N) is 4. The zero-order chi connectivity index (χ0) is 17.2. The van der Waals surface area contributed by atoms with Crippen LogP contribution in [0.2, 0.25) is 0 Å². The Morgan fingerprint density at radius 3 is 2.56 bits per heavy atom. The largest absolute Gasteiger partial charge is 1.00 e. The molecule has 0 aliphatic heterocycles. The summed E-state index contributed by atoms with van der Waals surface area (Å²) in [6.45, 7) is 0.538. The van der Waals surface area contributed by atoms with Crippen molar-refractivity contribution in [2.45, 2.75) is 25.0 Å². The van der Waals surface area contributed by atoms with Gasteiger partial charge in [0.15, 0.2) is 11.5 Å². The number of hydrogen-bond acceptors (Lipinski definition) is 5. The van der Waals surface area contributed by atoms with Gasteiger partial charge >= 0.3 is 37.2 Å². The van der Waals surface area contributed by atoms with Gasteiger partial charge in [0.2, 0.25) is 0 Å². The molecule has 0 spiro atoms. The molecule has 0 fully saturated rings. The maximum atomic E-state index is 11.8. The van der Waals surface area contributed by atoms with E-state index in [0.29, 0.717) is 41.9 Å². The Bertz CT molecular complexity index is 883. The van der Waals surface area contributed by atoms with Crippen molar-refractivity contribution in [3.05, 3.63) is 48.5 Å². The summed E-state index contributed by atoms with van der Waals surface area (Å²) < 4.78 is 13.6. The van der Waals surface area contributed by atoms with Gasteiger partial charge in [0.1, 0.15) is 11.8 Å². The summed E-state index contributed by atoms with van der Waals surface area (Å²) >= 11 is 0. The topological polar surface area (TPSA) is 127 Å². The number of anilines is 1. The molecule has 3 aromatic rings. The summed E-state index contributed by atoms with van der Waals surface area (Å²) in [6, 6.07) is 8.86. The molecule has 8 nitrogen and oxygen atoms in total. The van der Waals surface area contributed by atoms with Crippen LogP contribution in [0.4, 0.5) is 5.82 Å². The maximum Gasteiger partial charge on any atom is 1.00 e. The van der Waals surface area contributed by atoms with Gasteiger partial charge in [-0.25, -0.2) is 15.0 Å². The molecule has 0 bridgehead atoms. The minimum Gasteiger partial charge on any atom is -0.382 e. The van der Waals surface area contributed by atoms with Crippen LogP contribution in [0.1, 0.15) is 24.1 Å². The SMILES string of the molecule is Nc1ncnc2c1ncn2CCCC(c1ccccc1)P(=O)(O)O.[Na+]. The second kappa shape index (κ2) is 8.40. The first-order chi connectivity index (χ1) is 11.5. The van der Waals surface area contributed by atoms with Gasteiger partial charge in [-0.2, -0.15) is 0 Å². The van der Waals surface area contributed by atoms with Crippen LogP contribution in [0.25, 0.3) is 11.2 Å². The first kappa shape index (κ1) is 20.0. The smallest absolute Gasteiger partial charge is 0.382 e. The molecule has 2 aromatic heterocycles. The van der Waals surface area contributed by atoms with Gasteiger partial charge in [0.25, 0.3) is 0 Å². The second-order valence-electron chi connectivity index (χ2n) is 5.53. The van der Waals surface area contributed by atoms with Crippen LogP contribution < -0.4 is 35.3 Å². The Kier molecular flexibility index (Phi) is 6.73. The van der Waals surface area contributed by atoms with Gasteiger partial charge in [-0.05, 0) is 18.4 Å². The molecule has 1 atom stereocenters. The van der Waals surface area contributed by atoms with Crippen LogP contribution in [-0.4, -0.2) is 29.3 Å². The molecule has 0 amide bonds. The van der Waals surface area contributed by atoms with Crippen LogP contribution in [0, 0.1) is 0 Å². The molecular weight excluding hydrogens is 352 g/mol. The third kappa shape index (κ3) is 4.67. The number of rotatable bonds is 6. The summed E-state index contributed by atoms with van der Waals surface area (Å²) in [5.74, 6) is 0.316. The summed E-state index contributed by atoms with van der Waals surface area (Å²) in [7, 11) is -4.23. The van der Waals surface area contributed by atoms with Crippen LogP contribution >= 0.6 is 7.60 Å². The average molecular weight is 370 g/mol. The molecule has 0 saturated heterocycles. The van der Waals surface area contributed by atoms with Crippen LogP contribution in [0.15, 0.2) is 43.0 Å². The van der Waals surface area contributed by atoms with Crippen LogP contribution in [0.3, 0.4) is 0 Å². The van der Waals surface area contributed by atoms with E-state index in [-0.39, 0.29) is 29.6 Å². The molecule has 3 rings (SSSR count). The van der Waals surface area contributed by atoms with E-state index in [1.807, 2.05) is 10.6 Å². The zero-order valence-electron chi connectivity index (χ0n) is 13.9. The molecular formula is C15H18N5NaO3P+. The van der Waals surface area contributed by atoms with Crippen molar-refractivity contribution >= 4 is 24.6 Å². The second-order valence-corrected chi connectivity index (χ2v) is 7.33. The third-order valence-electron chi connectivity index (χ3n) is 3.90. The van der Waals surface area contributed by atoms with E-state index in [9.17, 15) is 14.4 Å². The summed E-state index contributed by atoms with van der Waals surface area (Å²) in [6.07, 6.45) is 3.91. The van der Waals surface area contributed by atoms with E-state index in [1.54, 1.807) is 30.6 Å². The molecule has 2 heterocycles. The predicted octanol–water partition coefficient (Wildman–Crippen LogP) is -0.888. The molecule has 0 aliphatic carbocycles. The normalized spacial score (nSPS) is 12.7. The first-order valence-corrected chi connectivity index (χ1v) is 9.16. The molecule has 126 valence electrons.